The Kier molecular flexibility index (Phi) is 5.44. The summed E-state index contributed by atoms with van der Waals surface area (Å²) in [7, 11) is 0. The number of nitro benzene ring substituents is 2. The Hall–Kier alpha value is -4.34. The van der Waals surface area contributed by atoms with Gasteiger partial charge in [-0.15, -0.1) is 0 Å². The third-order valence-electron chi connectivity index (χ3n) is 4.08. The van der Waals surface area contributed by atoms with Gasteiger partial charge >= 0.3 is 0 Å². The molecule has 10 heteroatoms. The molecule has 0 radical (unpaired) electrons. The number of carbonyl (C=O) groups is 1. The van der Waals surface area contributed by atoms with Gasteiger partial charge in [0.1, 0.15) is 5.56 Å². The first-order valence-electron chi connectivity index (χ1n) is 8.34. The van der Waals surface area contributed by atoms with Gasteiger partial charge < -0.3 is 9.88 Å². The second-order valence-electron chi connectivity index (χ2n) is 6.04. The molecule has 0 aliphatic rings. The number of hydrogen-bond donors (Lipinski definition) is 1. The van der Waals surface area contributed by atoms with Crippen LogP contribution < -0.4 is 10.9 Å². The van der Waals surface area contributed by atoms with Crippen LogP contribution in [0.25, 0.3) is 0 Å². The molecule has 10 nitrogen and oxygen atoms in total. The van der Waals surface area contributed by atoms with E-state index in [0.717, 1.165) is 0 Å². The van der Waals surface area contributed by atoms with E-state index in [0.29, 0.717) is 11.3 Å². The monoisotopic (exact) mass is 394 g/mol. The third kappa shape index (κ3) is 4.50. The number of amides is 1. The summed E-state index contributed by atoms with van der Waals surface area (Å²) in [5, 5.41) is 24.1. The Labute approximate surface area is 163 Å². The van der Waals surface area contributed by atoms with Crippen LogP contribution >= 0.6 is 0 Å². The van der Waals surface area contributed by atoms with Crippen molar-refractivity contribution in [3.63, 3.8) is 0 Å². The van der Waals surface area contributed by atoms with E-state index in [1.807, 2.05) is 0 Å². The summed E-state index contributed by atoms with van der Waals surface area (Å²) < 4.78 is 1.27. The molecule has 1 N–H and O–H groups in total. The molecule has 29 heavy (non-hydrogen) atoms. The molecule has 0 spiro atoms. The fraction of sp³-hybridized carbons (Fsp3) is 0.0526. The van der Waals surface area contributed by atoms with Crippen molar-refractivity contribution in [1.82, 2.24) is 4.57 Å². The molecule has 0 saturated heterocycles. The molecular weight excluding hydrogens is 380 g/mol. The van der Waals surface area contributed by atoms with Crippen LogP contribution in [-0.2, 0) is 6.54 Å². The normalized spacial score (nSPS) is 10.3. The lowest BCUT2D eigenvalue weighted by Crippen LogP contribution is -2.29. The molecule has 0 aliphatic carbocycles. The summed E-state index contributed by atoms with van der Waals surface area (Å²) in [4.78, 5) is 45.6. The Balaban J connectivity index is 1.81. The third-order valence-corrected chi connectivity index (χ3v) is 4.08. The van der Waals surface area contributed by atoms with E-state index in [1.165, 1.54) is 65.4 Å². The highest BCUT2D eigenvalue weighted by molar-refractivity contribution is 6.04. The molecule has 146 valence electrons. The standard InChI is InChI=1S/C19H14N4O6/c24-18(20-14-6-8-15(9-7-14)22(26)27)17-5-2-10-21(19(17)25)12-13-3-1-4-16(11-13)23(28)29/h1-11H,12H2,(H,20,24). The molecule has 0 saturated carbocycles. The maximum Gasteiger partial charge on any atom is 0.269 e. The van der Waals surface area contributed by atoms with E-state index < -0.39 is 21.3 Å². The highest BCUT2D eigenvalue weighted by Gasteiger charge is 2.14. The minimum absolute atomic E-state index is 0.0547. The highest BCUT2D eigenvalue weighted by atomic mass is 16.6. The van der Waals surface area contributed by atoms with E-state index >= 15 is 0 Å². The zero-order valence-corrected chi connectivity index (χ0v) is 14.8. The van der Waals surface area contributed by atoms with E-state index in [4.69, 9.17) is 0 Å². The first kappa shape index (κ1) is 19.4. The Bertz CT molecular complexity index is 1150. The van der Waals surface area contributed by atoms with Crippen LogP contribution in [0.1, 0.15) is 15.9 Å². The van der Waals surface area contributed by atoms with Crippen LogP contribution in [0.2, 0.25) is 0 Å². The number of aromatic nitrogens is 1. The number of hydrogen-bond acceptors (Lipinski definition) is 6. The van der Waals surface area contributed by atoms with Gasteiger partial charge in [0.15, 0.2) is 0 Å². The van der Waals surface area contributed by atoms with E-state index in [1.54, 1.807) is 6.07 Å². The minimum atomic E-state index is -0.669. The van der Waals surface area contributed by atoms with Gasteiger partial charge in [0.2, 0.25) is 0 Å². The van der Waals surface area contributed by atoms with Crippen LogP contribution in [0.5, 0.6) is 0 Å². The number of benzene rings is 2. The zero-order chi connectivity index (χ0) is 21.0. The van der Waals surface area contributed by atoms with Crippen LogP contribution in [0, 0.1) is 20.2 Å². The number of rotatable bonds is 6. The predicted octanol–water partition coefficient (Wildman–Crippen LogP) is 2.97. The summed E-state index contributed by atoms with van der Waals surface area (Å²) in [6, 6.07) is 13.9. The van der Waals surface area contributed by atoms with Gasteiger partial charge in [0.05, 0.1) is 16.4 Å². The number of pyridine rings is 1. The molecule has 2 aromatic carbocycles. The van der Waals surface area contributed by atoms with Crippen molar-refractivity contribution in [2.75, 3.05) is 5.32 Å². The molecule has 0 unspecified atom stereocenters. The first-order valence-corrected chi connectivity index (χ1v) is 8.34. The van der Waals surface area contributed by atoms with Gasteiger partial charge in [-0.05, 0) is 29.8 Å². The number of non-ortho nitro benzene ring substituents is 2. The van der Waals surface area contributed by atoms with Crippen LogP contribution in [-0.4, -0.2) is 20.3 Å². The molecule has 0 fully saturated rings. The predicted molar refractivity (Wildman–Crippen MR) is 104 cm³/mol. The maximum atomic E-state index is 12.6. The van der Waals surface area contributed by atoms with Gasteiger partial charge in [-0.2, -0.15) is 0 Å². The van der Waals surface area contributed by atoms with E-state index in [2.05, 4.69) is 5.32 Å². The molecule has 0 aliphatic heterocycles. The quantitative estimate of drug-likeness (QED) is 0.504. The summed E-state index contributed by atoms with van der Waals surface area (Å²) >= 11 is 0. The molecule has 0 atom stereocenters. The van der Waals surface area contributed by atoms with Crippen molar-refractivity contribution < 1.29 is 14.6 Å². The average molecular weight is 394 g/mol. The number of nitrogens with zero attached hydrogens (tertiary/aromatic N) is 3. The maximum absolute atomic E-state index is 12.6. The number of carbonyl (C=O) groups excluding carboxylic acids is 1. The Morgan fingerprint density at radius 3 is 2.28 bits per heavy atom. The van der Waals surface area contributed by atoms with Crippen molar-refractivity contribution >= 4 is 23.0 Å². The van der Waals surface area contributed by atoms with Crippen molar-refractivity contribution in [3.05, 3.63) is 109 Å². The average Bonchev–Trinajstić information content (AvgIpc) is 2.70. The SMILES string of the molecule is O=C(Nc1ccc([N+](=O)[O-])cc1)c1cccn(Cc2cccc([N+](=O)[O-])c2)c1=O. The number of nitrogens with one attached hydrogen (secondary N) is 1. The summed E-state index contributed by atoms with van der Waals surface area (Å²) in [6.45, 7) is 0.0547. The second-order valence-corrected chi connectivity index (χ2v) is 6.04. The zero-order valence-electron chi connectivity index (χ0n) is 14.8. The summed E-state index contributed by atoms with van der Waals surface area (Å²) in [5.41, 5.74) is -0.0809. The van der Waals surface area contributed by atoms with E-state index in [-0.39, 0.29) is 23.5 Å². The Morgan fingerprint density at radius 1 is 0.931 bits per heavy atom. The molecule has 0 bridgehead atoms. The Morgan fingerprint density at radius 2 is 1.62 bits per heavy atom. The second kappa shape index (κ2) is 8.13. The van der Waals surface area contributed by atoms with Gasteiger partial charge in [0.25, 0.3) is 22.8 Å². The number of nitro groups is 2. The fourth-order valence-electron chi connectivity index (χ4n) is 2.66. The lowest BCUT2D eigenvalue weighted by Gasteiger charge is -2.09. The molecule has 1 aromatic heterocycles. The van der Waals surface area contributed by atoms with Crippen molar-refractivity contribution in [3.8, 4) is 0 Å². The van der Waals surface area contributed by atoms with Gasteiger partial charge in [-0.1, -0.05) is 12.1 Å². The first-order chi connectivity index (χ1) is 13.8. The number of anilines is 1. The molecule has 1 amide bonds. The van der Waals surface area contributed by atoms with Crippen LogP contribution in [0.15, 0.2) is 71.7 Å². The van der Waals surface area contributed by atoms with Crippen molar-refractivity contribution in [1.29, 1.82) is 0 Å². The lowest BCUT2D eigenvalue weighted by molar-refractivity contribution is -0.385. The highest BCUT2D eigenvalue weighted by Crippen LogP contribution is 2.16. The topological polar surface area (TPSA) is 137 Å². The van der Waals surface area contributed by atoms with Gasteiger partial charge in [-0.3, -0.25) is 29.8 Å². The lowest BCUT2D eigenvalue weighted by atomic mass is 10.2. The molecule has 3 rings (SSSR count). The van der Waals surface area contributed by atoms with Crippen molar-refractivity contribution in [2.45, 2.75) is 6.54 Å². The van der Waals surface area contributed by atoms with Gasteiger partial charge in [-0.25, -0.2) is 0 Å². The van der Waals surface area contributed by atoms with Crippen molar-refractivity contribution in [2.24, 2.45) is 0 Å². The van der Waals surface area contributed by atoms with E-state index in [9.17, 15) is 29.8 Å². The van der Waals surface area contributed by atoms with Crippen LogP contribution in [0.3, 0.4) is 0 Å². The molecular formula is C19H14N4O6. The minimum Gasteiger partial charge on any atom is -0.322 e. The van der Waals surface area contributed by atoms with Crippen LogP contribution in [0.4, 0.5) is 17.1 Å². The molecule has 3 aromatic rings. The smallest absolute Gasteiger partial charge is 0.269 e. The summed E-state index contributed by atoms with van der Waals surface area (Å²) in [6.07, 6.45) is 1.48. The summed E-state index contributed by atoms with van der Waals surface area (Å²) in [5.74, 6) is -0.669. The van der Waals surface area contributed by atoms with Gasteiger partial charge in [0, 0.05) is 36.1 Å². The largest absolute Gasteiger partial charge is 0.322 e. The molecule has 1 heterocycles. The fourth-order valence-corrected chi connectivity index (χ4v) is 2.66.